The van der Waals surface area contributed by atoms with Gasteiger partial charge in [0.15, 0.2) is 0 Å². The minimum Gasteiger partial charge on any atom is -0.380 e. The van der Waals surface area contributed by atoms with Gasteiger partial charge in [-0.1, -0.05) is 38.1 Å². The first kappa shape index (κ1) is 21.1. The molecule has 7 heteroatoms. The number of carbonyl (C=O) groups is 1. The first-order valence-electron chi connectivity index (χ1n) is 11.0. The quantitative estimate of drug-likeness (QED) is 0.576. The number of rotatable bonds is 7. The predicted octanol–water partition coefficient (Wildman–Crippen LogP) is 2.98. The Labute approximate surface area is 182 Å². The third-order valence-corrected chi connectivity index (χ3v) is 5.94. The van der Waals surface area contributed by atoms with Gasteiger partial charge in [-0.15, -0.1) is 0 Å². The predicted molar refractivity (Wildman–Crippen MR) is 123 cm³/mol. The fourth-order valence-electron chi connectivity index (χ4n) is 4.24. The second kappa shape index (κ2) is 8.89. The van der Waals surface area contributed by atoms with E-state index in [4.69, 9.17) is 0 Å². The molecular formula is C24H29N5O2. The lowest BCUT2D eigenvalue weighted by atomic mass is 10.1. The lowest BCUT2D eigenvalue weighted by Crippen LogP contribution is -2.43. The van der Waals surface area contributed by atoms with Crippen LogP contribution in [0.25, 0.3) is 11.0 Å². The number of anilines is 1. The van der Waals surface area contributed by atoms with Gasteiger partial charge in [0.1, 0.15) is 11.2 Å². The van der Waals surface area contributed by atoms with Gasteiger partial charge < -0.3 is 9.88 Å². The number of aryl methyl sites for hydroxylation is 1. The van der Waals surface area contributed by atoms with Crippen molar-refractivity contribution in [1.82, 2.24) is 20.0 Å². The SMILES string of the molecule is CCN(CC)NC(=O)c1cn(CC)c2ncc(NC3Cc4ccccc4C3)cc2c1=O. The zero-order valence-electron chi connectivity index (χ0n) is 18.3. The van der Waals surface area contributed by atoms with Gasteiger partial charge in [-0.05, 0) is 37.0 Å². The van der Waals surface area contributed by atoms with Crippen LogP contribution in [0.1, 0.15) is 42.3 Å². The van der Waals surface area contributed by atoms with Crippen LogP contribution in [-0.4, -0.2) is 39.6 Å². The largest absolute Gasteiger partial charge is 0.380 e. The van der Waals surface area contributed by atoms with Crippen molar-refractivity contribution < 1.29 is 4.79 Å². The first-order chi connectivity index (χ1) is 15.0. The van der Waals surface area contributed by atoms with Crippen LogP contribution in [0.2, 0.25) is 0 Å². The molecule has 7 nitrogen and oxygen atoms in total. The van der Waals surface area contributed by atoms with Gasteiger partial charge in [0.25, 0.3) is 5.91 Å². The topological polar surface area (TPSA) is 79.3 Å². The van der Waals surface area contributed by atoms with Gasteiger partial charge in [0, 0.05) is 31.9 Å². The van der Waals surface area contributed by atoms with Crippen LogP contribution < -0.4 is 16.2 Å². The minimum atomic E-state index is -0.387. The Hall–Kier alpha value is -3.19. The van der Waals surface area contributed by atoms with E-state index in [2.05, 4.69) is 40.0 Å². The number of aromatic nitrogens is 2. The normalized spacial score (nSPS) is 13.5. The third kappa shape index (κ3) is 4.18. The lowest BCUT2D eigenvalue weighted by molar-refractivity contribution is 0.0804. The van der Waals surface area contributed by atoms with E-state index in [9.17, 15) is 9.59 Å². The zero-order valence-corrected chi connectivity index (χ0v) is 18.3. The van der Waals surface area contributed by atoms with Gasteiger partial charge in [-0.3, -0.25) is 15.0 Å². The summed E-state index contributed by atoms with van der Waals surface area (Å²) in [7, 11) is 0. The molecule has 0 radical (unpaired) electrons. The summed E-state index contributed by atoms with van der Waals surface area (Å²) in [4.78, 5) is 30.6. The summed E-state index contributed by atoms with van der Waals surface area (Å²) < 4.78 is 1.85. The summed E-state index contributed by atoms with van der Waals surface area (Å²) in [6, 6.07) is 10.5. The number of nitrogens with zero attached hydrogens (tertiary/aromatic N) is 3. The molecule has 4 rings (SSSR count). The molecule has 1 aliphatic carbocycles. The van der Waals surface area contributed by atoms with E-state index in [-0.39, 0.29) is 22.9 Å². The van der Waals surface area contributed by atoms with Crippen molar-refractivity contribution in [2.45, 2.75) is 46.2 Å². The maximum absolute atomic E-state index is 13.2. The van der Waals surface area contributed by atoms with E-state index in [0.29, 0.717) is 30.7 Å². The first-order valence-corrected chi connectivity index (χ1v) is 11.0. The van der Waals surface area contributed by atoms with E-state index >= 15 is 0 Å². The molecule has 1 aromatic carbocycles. The summed E-state index contributed by atoms with van der Waals surface area (Å²) >= 11 is 0. The number of benzene rings is 1. The van der Waals surface area contributed by atoms with Crippen molar-refractivity contribution in [3.8, 4) is 0 Å². The molecule has 2 N–H and O–H groups in total. The summed E-state index contributed by atoms with van der Waals surface area (Å²) in [5.41, 5.74) is 6.76. The number of hydrogen-bond donors (Lipinski definition) is 2. The minimum absolute atomic E-state index is 0.133. The van der Waals surface area contributed by atoms with Gasteiger partial charge in [-0.2, -0.15) is 0 Å². The van der Waals surface area contributed by atoms with Crippen molar-refractivity contribution in [3.05, 3.63) is 69.6 Å². The second-order valence-corrected chi connectivity index (χ2v) is 7.88. The summed E-state index contributed by atoms with van der Waals surface area (Å²) in [6.45, 7) is 7.82. The molecule has 0 saturated heterocycles. The van der Waals surface area contributed by atoms with Crippen molar-refractivity contribution in [2.75, 3.05) is 18.4 Å². The highest BCUT2D eigenvalue weighted by atomic mass is 16.2. The summed E-state index contributed by atoms with van der Waals surface area (Å²) in [5, 5.41) is 5.75. The van der Waals surface area contributed by atoms with Crippen molar-refractivity contribution in [1.29, 1.82) is 0 Å². The average molecular weight is 420 g/mol. The van der Waals surface area contributed by atoms with Crippen LogP contribution >= 0.6 is 0 Å². The molecule has 0 saturated carbocycles. The molecule has 31 heavy (non-hydrogen) atoms. The number of fused-ring (bicyclic) bond motifs is 2. The highest BCUT2D eigenvalue weighted by Gasteiger charge is 2.22. The highest BCUT2D eigenvalue weighted by molar-refractivity contribution is 5.96. The molecule has 162 valence electrons. The highest BCUT2D eigenvalue weighted by Crippen LogP contribution is 2.25. The molecule has 2 aromatic heterocycles. The molecule has 2 heterocycles. The Bertz CT molecular complexity index is 1140. The Balaban J connectivity index is 1.65. The smallest absolute Gasteiger partial charge is 0.271 e. The molecular weight excluding hydrogens is 390 g/mol. The van der Waals surface area contributed by atoms with Gasteiger partial charge in [-0.25, -0.2) is 9.99 Å². The average Bonchev–Trinajstić information content (AvgIpc) is 3.20. The number of hydrazine groups is 1. The van der Waals surface area contributed by atoms with E-state index in [1.54, 1.807) is 17.4 Å². The Morgan fingerprint density at radius 1 is 1.16 bits per heavy atom. The van der Waals surface area contributed by atoms with Crippen LogP contribution in [0.3, 0.4) is 0 Å². The monoisotopic (exact) mass is 419 g/mol. The van der Waals surface area contributed by atoms with Crippen molar-refractivity contribution in [2.24, 2.45) is 0 Å². The summed E-state index contributed by atoms with van der Waals surface area (Å²) in [5.74, 6) is -0.387. The number of hydrogen-bond acceptors (Lipinski definition) is 5. The molecule has 0 atom stereocenters. The number of amides is 1. The standard InChI is InChI=1S/C24H29N5O2/c1-4-28-15-21(24(31)27-29(5-2)6-3)22(30)20-13-19(14-25-23(20)28)26-18-11-16-9-7-8-10-17(16)12-18/h7-10,13-15,18,26H,4-6,11-12H2,1-3H3,(H,27,31). The van der Waals surface area contributed by atoms with Crippen molar-refractivity contribution >= 4 is 22.6 Å². The molecule has 0 bridgehead atoms. The second-order valence-electron chi connectivity index (χ2n) is 7.88. The van der Waals surface area contributed by atoms with Gasteiger partial charge >= 0.3 is 0 Å². The third-order valence-electron chi connectivity index (χ3n) is 5.94. The van der Waals surface area contributed by atoms with E-state index < -0.39 is 0 Å². The fourth-order valence-corrected chi connectivity index (χ4v) is 4.24. The van der Waals surface area contributed by atoms with E-state index in [1.807, 2.05) is 31.4 Å². The number of nitrogens with one attached hydrogen (secondary N) is 2. The molecule has 0 aliphatic heterocycles. The van der Waals surface area contributed by atoms with Gasteiger partial charge in [0.2, 0.25) is 5.43 Å². The van der Waals surface area contributed by atoms with Gasteiger partial charge in [0.05, 0.1) is 17.3 Å². The zero-order chi connectivity index (χ0) is 22.0. The van der Waals surface area contributed by atoms with E-state index in [0.717, 1.165) is 18.5 Å². The molecule has 0 spiro atoms. The van der Waals surface area contributed by atoms with Crippen LogP contribution in [-0.2, 0) is 19.4 Å². The Kier molecular flexibility index (Phi) is 6.04. The molecule has 1 aliphatic rings. The Morgan fingerprint density at radius 2 is 1.84 bits per heavy atom. The summed E-state index contributed by atoms with van der Waals surface area (Å²) in [6.07, 6.45) is 5.27. The molecule has 3 aromatic rings. The maximum atomic E-state index is 13.2. The van der Waals surface area contributed by atoms with Crippen molar-refractivity contribution in [3.63, 3.8) is 0 Å². The number of carbonyl (C=O) groups excluding carboxylic acids is 1. The van der Waals surface area contributed by atoms with Crippen LogP contribution in [0.5, 0.6) is 0 Å². The molecule has 0 unspecified atom stereocenters. The van der Waals surface area contributed by atoms with Crippen LogP contribution in [0, 0.1) is 0 Å². The molecule has 0 fully saturated rings. The van der Waals surface area contributed by atoms with Crippen LogP contribution in [0.4, 0.5) is 5.69 Å². The Morgan fingerprint density at radius 3 is 2.45 bits per heavy atom. The number of pyridine rings is 2. The fraction of sp³-hybridized carbons (Fsp3) is 0.375. The maximum Gasteiger partial charge on any atom is 0.271 e. The van der Waals surface area contributed by atoms with Crippen LogP contribution in [0.15, 0.2) is 47.5 Å². The van der Waals surface area contributed by atoms with E-state index in [1.165, 1.54) is 11.1 Å². The molecule has 1 amide bonds. The lowest BCUT2D eigenvalue weighted by Gasteiger charge is -2.20.